The van der Waals surface area contributed by atoms with Crippen LogP contribution < -0.4 is 5.32 Å². The first-order chi connectivity index (χ1) is 8.75. The Morgan fingerprint density at radius 3 is 3.06 bits per heavy atom. The molecule has 1 N–H and O–H groups in total. The summed E-state index contributed by atoms with van der Waals surface area (Å²) < 4.78 is 3.33. The molecule has 0 saturated carbocycles. The Bertz CT molecular complexity index is 556. The zero-order chi connectivity index (χ0) is 12.5. The van der Waals surface area contributed by atoms with Crippen molar-refractivity contribution in [2.24, 2.45) is 0 Å². The van der Waals surface area contributed by atoms with Gasteiger partial charge in [-0.05, 0) is 50.1 Å². The Balaban J connectivity index is 2.00. The van der Waals surface area contributed by atoms with Crippen LogP contribution in [0.2, 0.25) is 0 Å². The maximum Gasteiger partial charge on any atom is 0.0994 e. The smallest absolute Gasteiger partial charge is 0.0994 e. The van der Waals surface area contributed by atoms with E-state index in [0.717, 1.165) is 11.0 Å². The number of imidazole rings is 1. The van der Waals surface area contributed by atoms with Crippen molar-refractivity contribution in [1.29, 1.82) is 0 Å². The molecule has 4 heteroatoms. The van der Waals surface area contributed by atoms with E-state index in [1.165, 1.54) is 29.8 Å². The van der Waals surface area contributed by atoms with Gasteiger partial charge in [-0.15, -0.1) is 0 Å². The number of nitrogens with zero attached hydrogens (tertiary/aromatic N) is 2. The molecule has 1 aliphatic rings. The molecule has 1 aromatic heterocycles. The molecule has 18 heavy (non-hydrogen) atoms. The molecule has 0 bridgehead atoms. The Labute approximate surface area is 115 Å². The van der Waals surface area contributed by atoms with E-state index in [9.17, 15) is 0 Å². The molecular weight excluding hydrogens is 290 g/mol. The van der Waals surface area contributed by atoms with E-state index in [2.05, 4.69) is 55.9 Å². The van der Waals surface area contributed by atoms with Crippen LogP contribution in [0.15, 0.2) is 35.2 Å². The summed E-state index contributed by atoms with van der Waals surface area (Å²) in [7, 11) is 0. The third kappa shape index (κ3) is 2.10. The standard InChI is InChI=1S/C14H16BrN3/c1-10-7-11(4-5-12(10)15)18-9-16-8-14(18)13-3-2-6-17-13/h4-5,7-9,13,17H,2-3,6H2,1H3. The van der Waals surface area contributed by atoms with Crippen molar-refractivity contribution < 1.29 is 0 Å². The van der Waals surface area contributed by atoms with E-state index in [1.54, 1.807) is 0 Å². The van der Waals surface area contributed by atoms with Crippen molar-refractivity contribution in [3.05, 3.63) is 46.5 Å². The van der Waals surface area contributed by atoms with E-state index in [0.29, 0.717) is 6.04 Å². The van der Waals surface area contributed by atoms with Gasteiger partial charge in [0, 0.05) is 16.2 Å². The molecule has 1 atom stereocenters. The summed E-state index contributed by atoms with van der Waals surface area (Å²) in [6, 6.07) is 6.84. The van der Waals surface area contributed by atoms with Crippen LogP contribution in [0.3, 0.4) is 0 Å². The quantitative estimate of drug-likeness (QED) is 0.922. The summed E-state index contributed by atoms with van der Waals surface area (Å²) >= 11 is 3.54. The van der Waals surface area contributed by atoms with E-state index >= 15 is 0 Å². The topological polar surface area (TPSA) is 29.9 Å². The SMILES string of the molecule is Cc1cc(-n2cncc2C2CCCN2)ccc1Br. The first-order valence-electron chi connectivity index (χ1n) is 6.28. The molecular formula is C14H16BrN3. The number of hydrogen-bond donors (Lipinski definition) is 1. The average molecular weight is 306 g/mol. The number of benzene rings is 1. The molecule has 3 nitrogen and oxygen atoms in total. The van der Waals surface area contributed by atoms with Crippen molar-refractivity contribution in [3.8, 4) is 5.69 Å². The Morgan fingerprint density at radius 2 is 2.33 bits per heavy atom. The number of aromatic nitrogens is 2. The fourth-order valence-corrected chi connectivity index (χ4v) is 2.74. The van der Waals surface area contributed by atoms with Gasteiger partial charge in [-0.2, -0.15) is 0 Å². The van der Waals surface area contributed by atoms with Crippen LogP contribution in [0, 0.1) is 6.92 Å². The molecule has 3 rings (SSSR count). The molecule has 94 valence electrons. The lowest BCUT2D eigenvalue weighted by Gasteiger charge is -2.14. The van der Waals surface area contributed by atoms with Gasteiger partial charge in [0.25, 0.3) is 0 Å². The van der Waals surface area contributed by atoms with E-state index < -0.39 is 0 Å². The van der Waals surface area contributed by atoms with Gasteiger partial charge in [-0.3, -0.25) is 0 Å². The normalized spacial score (nSPS) is 19.3. The van der Waals surface area contributed by atoms with Crippen LogP contribution in [-0.2, 0) is 0 Å². The zero-order valence-electron chi connectivity index (χ0n) is 10.4. The van der Waals surface area contributed by atoms with Gasteiger partial charge in [-0.1, -0.05) is 15.9 Å². The highest BCUT2D eigenvalue weighted by Crippen LogP contribution is 2.26. The molecule has 1 saturated heterocycles. The van der Waals surface area contributed by atoms with Crippen LogP contribution in [-0.4, -0.2) is 16.1 Å². The van der Waals surface area contributed by atoms with Crippen molar-refractivity contribution in [2.45, 2.75) is 25.8 Å². The number of hydrogen-bond acceptors (Lipinski definition) is 2. The minimum absolute atomic E-state index is 0.441. The van der Waals surface area contributed by atoms with Crippen molar-refractivity contribution in [2.75, 3.05) is 6.54 Å². The van der Waals surface area contributed by atoms with E-state index in [-0.39, 0.29) is 0 Å². The highest BCUT2D eigenvalue weighted by atomic mass is 79.9. The van der Waals surface area contributed by atoms with Crippen molar-refractivity contribution in [1.82, 2.24) is 14.9 Å². The maximum atomic E-state index is 4.31. The Hall–Kier alpha value is -1.13. The minimum Gasteiger partial charge on any atom is -0.309 e. The summed E-state index contributed by atoms with van der Waals surface area (Å²) in [5, 5.41) is 3.53. The minimum atomic E-state index is 0.441. The summed E-state index contributed by atoms with van der Waals surface area (Å²) in [5.74, 6) is 0. The molecule has 1 aromatic carbocycles. The second kappa shape index (κ2) is 4.86. The fraction of sp³-hybridized carbons (Fsp3) is 0.357. The Kier molecular flexibility index (Phi) is 3.22. The number of halogens is 1. The van der Waals surface area contributed by atoms with E-state index in [4.69, 9.17) is 0 Å². The number of nitrogens with one attached hydrogen (secondary N) is 1. The summed E-state index contributed by atoms with van der Waals surface area (Å²) in [5.41, 5.74) is 3.68. The summed E-state index contributed by atoms with van der Waals surface area (Å²) in [6.07, 6.45) is 6.31. The molecule has 0 aliphatic carbocycles. The summed E-state index contributed by atoms with van der Waals surface area (Å²) in [6.45, 7) is 3.22. The predicted molar refractivity (Wildman–Crippen MR) is 76.0 cm³/mol. The van der Waals surface area contributed by atoms with Gasteiger partial charge >= 0.3 is 0 Å². The number of aryl methyl sites for hydroxylation is 1. The predicted octanol–water partition coefficient (Wildman–Crippen LogP) is 3.37. The average Bonchev–Trinajstić information content (AvgIpc) is 3.00. The molecule has 1 fully saturated rings. The molecule has 2 heterocycles. The van der Waals surface area contributed by atoms with Gasteiger partial charge in [-0.25, -0.2) is 4.98 Å². The van der Waals surface area contributed by atoms with Crippen molar-refractivity contribution >= 4 is 15.9 Å². The molecule has 2 aromatic rings. The second-order valence-electron chi connectivity index (χ2n) is 4.77. The molecule has 0 spiro atoms. The first kappa shape index (κ1) is 11.9. The van der Waals surface area contributed by atoms with Crippen LogP contribution in [0.1, 0.15) is 30.1 Å². The maximum absolute atomic E-state index is 4.31. The fourth-order valence-electron chi connectivity index (χ4n) is 2.49. The van der Waals surface area contributed by atoms with Gasteiger partial charge in [0.1, 0.15) is 0 Å². The lowest BCUT2D eigenvalue weighted by molar-refractivity contribution is 0.615. The van der Waals surface area contributed by atoms with Gasteiger partial charge in [0.05, 0.1) is 18.2 Å². The van der Waals surface area contributed by atoms with Crippen LogP contribution in [0.25, 0.3) is 5.69 Å². The molecule has 1 aliphatic heterocycles. The van der Waals surface area contributed by atoms with Crippen molar-refractivity contribution in [3.63, 3.8) is 0 Å². The third-order valence-corrected chi connectivity index (χ3v) is 4.39. The number of rotatable bonds is 2. The Morgan fingerprint density at radius 1 is 1.44 bits per heavy atom. The van der Waals surface area contributed by atoms with Crippen LogP contribution in [0.5, 0.6) is 0 Å². The largest absolute Gasteiger partial charge is 0.309 e. The van der Waals surface area contributed by atoms with Gasteiger partial charge in [0.15, 0.2) is 0 Å². The van der Waals surface area contributed by atoms with Gasteiger partial charge in [0.2, 0.25) is 0 Å². The van der Waals surface area contributed by atoms with Gasteiger partial charge < -0.3 is 9.88 Å². The first-order valence-corrected chi connectivity index (χ1v) is 7.07. The molecule has 0 amide bonds. The lowest BCUT2D eigenvalue weighted by atomic mass is 10.1. The monoisotopic (exact) mass is 305 g/mol. The van der Waals surface area contributed by atoms with Crippen LogP contribution in [0.4, 0.5) is 0 Å². The third-order valence-electron chi connectivity index (χ3n) is 3.50. The highest BCUT2D eigenvalue weighted by molar-refractivity contribution is 9.10. The second-order valence-corrected chi connectivity index (χ2v) is 5.63. The molecule has 1 unspecified atom stereocenters. The van der Waals surface area contributed by atoms with Crippen LogP contribution >= 0.6 is 15.9 Å². The lowest BCUT2D eigenvalue weighted by Crippen LogP contribution is -2.16. The summed E-state index contributed by atoms with van der Waals surface area (Å²) in [4.78, 5) is 4.31. The van der Waals surface area contributed by atoms with E-state index in [1.807, 2.05) is 12.5 Å². The zero-order valence-corrected chi connectivity index (χ0v) is 11.9. The highest BCUT2D eigenvalue weighted by Gasteiger charge is 2.20. The molecule has 0 radical (unpaired) electrons.